The van der Waals surface area contributed by atoms with E-state index < -0.39 is 0 Å². The number of carbonyl (C=O) groups is 1. The number of anilines is 1. The summed E-state index contributed by atoms with van der Waals surface area (Å²) in [5, 5.41) is 5.34. The summed E-state index contributed by atoms with van der Waals surface area (Å²) in [6.45, 7) is 4.45. The van der Waals surface area contributed by atoms with Crippen molar-refractivity contribution < 1.29 is 4.79 Å². The molecule has 1 aromatic heterocycles. The topological polar surface area (TPSA) is 63.1 Å². The summed E-state index contributed by atoms with van der Waals surface area (Å²) in [7, 11) is 0. The molecule has 2 amide bonds. The van der Waals surface area contributed by atoms with Crippen LogP contribution in [0.5, 0.6) is 0 Å². The van der Waals surface area contributed by atoms with Gasteiger partial charge in [0.15, 0.2) is 0 Å². The average molecular weight is 283 g/mol. The maximum Gasteiger partial charge on any atom is 0.319 e. The van der Waals surface area contributed by atoms with Crippen LogP contribution in [0.2, 0.25) is 0 Å². The zero-order valence-electron chi connectivity index (χ0n) is 11.6. The molecule has 0 unspecified atom stereocenters. The van der Waals surface area contributed by atoms with Gasteiger partial charge in [0.2, 0.25) is 0 Å². The summed E-state index contributed by atoms with van der Waals surface area (Å²) in [6, 6.07) is 12.1. The molecular weight excluding hydrogens is 266 g/mol. The van der Waals surface area contributed by atoms with Crippen molar-refractivity contribution in [3.63, 3.8) is 0 Å². The molecule has 0 saturated heterocycles. The van der Waals surface area contributed by atoms with Crippen LogP contribution in [0.4, 0.5) is 10.5 Å². The van der Waals surface area contributed by atoms with Crippen molar-refractivity contribution >= 4 is 11.7 Å². The van der Waals surface area contributed by atoms with Gasteiger partial charge in [0, 0.05) is 24.5 Å². The maximum absolute atomic E-state index is 11.6. The third kappa shape index (κ3) is 4.35. The quantitative estimate of drug-likeness (QED) is 0.826. The van der Waals surface area contributed by atoms with Crippen molar-refractivity contribution in [3.8, 4) is 0 Å². The van der Waals surface area contributed by atoms with E-state index in [-0.39, 0.29) is 11.6 Å². The number of hydrogen-bond donors (Lipinski definition) is 2. The van der Waals surface area contributed by atoms with Gasteiger partial charge in [0.25, 0.3) is 5.56 Å². The molecule has 0 bridgehead atoms. The van der Waals surface area contributed by atoms with Crippen molar-refractivity contribution in [2.45, 2.75) is 6.54 Å². The first-order chi connectivity index (χ1) is 10.2. The molecule has 0 aliphatic rings. The van der Waals surface area contributed by atoms with E-state index in [0.717, 1.165) is 5.56 Å². The third-order valence-electron chi connectivity index (χ3n) is 2.87. The number of amides is 2. The molecule has 5 nitrogen and oxygen atoms in total. The Morgan fingerprint density at radius 3 is 2.62 bits per heavy atom. The SMILES string of the molecule is C=CCNC(=O)Nc1ccc(Cn2ccccc2=O)cc1. The minimum Gasteiger partial charge on any atom is -0.334 e. The molecule has 0 aliphatic carbocycles. The molecule has 108 valence electrons. The number of hydrogen-bond acceptors (Lipinski definition) is 2. The van der Waals surface area contributed by atoms with E-state index >= 15 is 0 Å². The Kier molecular flexibility index (Phi) is 4.93. The zero-order chi connectivity index (χ0) is 15.1. The minimum atomic E-state index is -0.276. The zero-order valence-corrected chi connectivity index (χ0v) is 11.6. The fraction of sp³-hybridized carbons (Fsp3) is 0.125. The molecule has 2 aromatic rings. The lowest BCUT2D eigenvalue weighted by atomic mass is 10.2. The first kappa shape index (κ1) is 14.6. The van der Waals surface area contributed by atoms with E-state index in [1.165, 1.54) is 6.07 Å². The smallest absolute Gasteiger partial charge is 0.319 e. The summed E-state index contributed by atoms with van der Waals surface area (Å²) in [4.78, 5) is 23.1. The van der Waals surface area contributed by atoms with Crippen molar-refractivity contribution in [3.05, 3.63) is 77.2 Å². The Labute approximate surface area is 122 Å². The molecule has 1 heterocycles. The van der Waals surface area contributed by atoms with E-state index in [1.807, 2.05) is 18.2 Å². The second-order valence-corrected chi connectivity index (χ2v) is 4.49. The lowest BCUT2D eigenvalue weighted by Crippen LogP contribution is -2.28. The van der Waals surface area contributed by atoms with Crippen LogP contribution in [0, 0.1) is 0 Å². The highest BCUT2D eigenvalue weighted by atomic mass is 16.2. The minimum absolute atomic E-state index is 0.0384. The molecule has 2 rings (SSSR count). The predicted octanol–water partition coefficient (Wildman–Crippen LogP) is 2.20. The van der Waals surface area contributed by atoms with Crippen molar-refractivity contribution in [2.75, 3.05) is 11.9 Å². The van der Waals surface area contributed by atoms with Gasteiger partial charge in [-0.25, -0.2) is 4.79 Å². The Morgan fingerprint density at radius 1 is 1.19 bits per heavy atom. The third-order valence-corrected chi connectivity index (χ3v) is 2.87. The molecule has 2 N–H and O–H groups in total. The Bertz CT molecular complexity index is 674. The fourth-order valence-electron chi connectivity index (χ4n) is 1.82. The number of nitrogens with one attached hydrogen (secondary N) is 2. The van der Waals surface area contributed by atoms with Gasteiger partial charge in [-0.1, -0.05) is 24.3 Å². The van der Waals surface area contributed by atoms with Crippen LogP contribution < -0.4 is 16.2 Å². The number of nitrogens with zero attached hydrogens (tertiary/aromatic N) is 1. The van der Waals surface area contributed by atoms with Gasteiger partial charge >= 0.3 is 6.03 Å². The lowest BCUT2D eigenvalue weighted by Gasteiger charge is -2.08. The Morgan fingerprint density at radius 2 is 1.95 bits per heavy atom. The van der Waals surface area contributed by atoms with Crippen LogP contribution in [-0.4, -0.2) is 17.1 Å². The van der Waals surface area contributed by atoms with Crippen molar-refractivity contribution in [1.29, 1.82) is 0 Å². The molecule has 0 atom stereocenters. The summed E-state index contributed by atoms with van der Waals surface area (Å²) < 4.78 is 1.62. The van der Waals surface area contributed by atoms with Crippen LogP contribution >= 0.6 is 0 Å². The van der Waals surface area contributed by atoms with Crippen LogP contribution in [-0.2, 0) is 6.54 Å². The van der Waals surface area contributed by atoms with E-state index in [9.17, 15) is 9.59 Å². The monoisotopic (exact) mass is 283 g/mol. The second kappa shape index (κ2) is 7.09. The highest BCUT2D eigenvalue weighted by Crippen LogP contribution is 2.10. The van der Waals surface area contributed by atoms with Crippen LogP contribution in [0.3, 0.4) is 0 Å². The van der Waals surface area contributed by atoms with E-state index in [0.29, 0.717) is 18.8 Å². The number of pyridine rings is 1. The lowest BCUT2D eigenvalue weighted by molar-refractivity contribution is 0.253. The van der Waals surface area contributed by atoms with Gasteiger partial charge in [-0.15, -0.1) is 6.58 Å². The van der Waals surface area contributed by atoms with Crippen molar-refractivity contribution in [2.24, 2.45) is 0 Å². The second-order valence-electron chi connectivity index (χ2n) is 4.49. The number of carbonyl (C=O) groups excluding carboxylic acids is 1. The molecule has 21 heavy (non-hydrogen) atoms. The molecular formula is C16H17N3O2. The van der Waals surface area contributed by atoms with Crippen LogP contribution in [0.1, 0.15) is 5.56 Å². The average Bonchev–Trinajstić information content (AvgIpc) is 2.49. The molecule has 0 saturated carbocycles. The molecule has 0 fully saturated rings. The van der Waals surface area contributed by atoms with Gasteiger partial charge in [0.1, 0.15) is 0 Å². The molecule has 5 heteroatoms. The highest BCUT2D eigenvalue weighted by molar-refractivity contribution is 5.89. The van der Waals surface area contributed by atoms with Crippen LogP contribution in [0.15, 0.2) is 66.1 Å². The summed E-state index contributed by atoms with van der Waals surface area (Å²) in [5.41, 5.74) is 1.64. The Balaban J connectivity index is 1.99. The number of rotatable bonds is 5. The largest absolute Gasteiger partial charge is 0.334 e. The maximum atomic E-state index is 11.6. The summed E-state index contributed by atoms with van der Waals surface area (Å²) in [6.07, 6.45) is 3.36. The number of aromatic nitrogens is 1. The number of urea groups is 1. The van der Waals surface area contributed by atoms with E-state index in [2.05, 4.69) is 17.2 Å². The molecule has 0 radical (unpaired) electrons. The number of benzene rings is 1. The van der Waals surface area contributed by atoms with Crippen molar-refractivity contribution in [1.82, 2.24) is 9.88 Å². The fourth-order valence-corrected chi connectivity index (χ4v) is 1.82. The Hall–Kier alpha value is -2.82. The summed E-state index contributed by atoms with van der Waals surface area (Å²) in [5.74, 6) is 0. The van der Waals surface area contributed by atoms with Gasteiger partial charge in [-0.05, 0) is 23.8 Å². The molecule has 1 aromatic carbocycles. The predicted molar refractivity (Wildman–Crippen MR) is 83.5 cm³/mol. The first-order valence-electron chi connectivity index (χ1n) is 6.59. The first-order valence-corrected chi connectivity index (χ1v) is 6.59. The van der Waals surface area contributed by atoms with Gasteiger partial charge in [-0.2, -0.15) is 0 Å². The summed E-state index contributed by atoms with van der Waals surface area (Å²) >= 11 is 0. The standard InChI is InChI=1S/C16H17N3O2/c1-2-10-17-16(21)18-14-8-6-13(7-9-14)12-19-11-4-3-5-15(19)20/h2-9,11H,1,10,12H2,(H2,17,18,21). The van der Waals surface area contributed by atoms with Gasteiger partial charge in [0.05, 0.1) is 6.54 Å². The molecule has 0 aliphatic heterocycles. The van der Waals surface area contributed by atoms with E-state index in [4.69, 9.17) is 0 Å². The van der Waals surface area contributed by atoms with Gasteiger partial charge < -0.3 is 15.2 Å². The van der Waals surface area contributed by atoms with Crippen LogP contribution in [0.25, 0.3) is 0 Å². The van der Waals surface area contributed by atoms with E-state index in [1.54, 1.807) is 35.0 Å². The highest BCUT2D eigenvalue weighted by Gasteiger charge is 2.01. The van der Waals surface area contributed by atoms with Gasteiger partial charge in [-0.3, -0.25) is 4.79 Å². The molecule has 0 spiro atoms. The normalized spacial score (nSPS) is 9.90.